The van der Waals surface area contributed by atoms with Crippen LogP contribution in [0.5, 0.6) is 0 Å². The van der Waals surface area contributed by atoms with E-state index in [0.717, 1.165) is 67.9 Å². The molecule has 7 heteroatoms. The molecule has 3 aromatic rings. The highest BCUT2D eigenvalue weighted by atomic mass is 19.4. The van der Waals surface area contributed by atoms with Gasteiger partial charge in [-0.25, -0.2) is 0 Å². The second-order valence-corrected chi connectivity index (χ2v) is 8.01. The third kappa shape index (κ3) is 5.34. The molecule has 162 valence electrons. The van der Waals surface area contributed by atoms with E-state index in [2.05, 4.69) is 20.9 Å². The van der Waals surface area contributed by atoms with Crippen molar-refractivity contribution in [2.75, 3.05) is 18.0 Å². The maximum atomic E-state index is 12.7. The number of hydrogen-bond acceptors (Lipinski definition) is 3. The van der Waals surface area contributed by atoms with E-state index in [4.69, 9.17) is 0 Å². The van der Waals surface area contributed by atoms with Crippen LogP contribution < -0.4 is 10.5 Å². The van der Waals surface area contributed by atoms with E-state index in [1.807, 2.05) is 12.3 Å². The van der Waals surface area contributed by atoms with Gasteiger partial charge in [-0.3, -0.25) is 9.78 Å². The van der Waals surface area contributed by atoms with Crippen LogP contribution in [0.25, 0.3) is 11.3 Å². The van der Waals surface area contributed by atoms with E-state index < -0.39 is 11.7 Å². The summed E-state index contributed by atoms with van der Waals surface area (Å²) in [5, 5.41) is 0. The summed E-state index contributed by atoms with van der Waals surface area (Å²) < 4.78 is 38.2. The number of piperidine rings is 1. The molecule has 1 N–H and O–H groups in total. The van der Waals surface area contributed by atoms with E-state index in [9.17, 15) is 18.0 Å². The minimum atomic E-state index is -4.29. The van der Waals surface area contributed by atoms with Crippen LogP contribution in [0.4, 0.5) is 18.9 Å². The number of aromatic amines is 1. The Hall–Kier alpha value is -3.09. The minimum absolute atomic E-state index is 0.135. The Morgan fingerprint density at radius 3 is 2.32 bits per heavy atom. The number of anilines is 1. The summed E-state index contributed by atoms with van der Waals surface area (Å²) >= 11 is 0. The third-order valence-electron chi connectivity index (χ3n) is 5.92. The van der Waals surface area contributed by atoms with Crippen LogP contribution in [0.3, 0.4) is 0 Å². The van der Waals surface area contributed by atoms with Crippen molar-refractivity contribution in [3.8, 4) is 11.3 Å². The van der Waals surface area contributed by atoms with Gasteiger partial charge in [0.1, 0.15) is 0 Å². The fourth-order valence-electron chi connectivity index (χ4n) is 4.02. The lowest BCUT2D eigenvalue weighted by atomic mass is 9.90. The van der Waals surface area contributed by atoms with E-state index in [-0.39, 0.29) is 5.56 Å². The Morgan fingerprint density at radius 2 is 1.74 bits per heavy atom. The molecule has 1 aromatic carbocycles. The second kappa shape index (κ2) is 8.96. The molecule has 0 saturated carbocycles. The first kappa shape index (κ1) is 21.2. The number of nitrogens with zero attached hydrogens (tertiary/aromatic N) is 2. The summed E-state index contributed by atoms with van der Waals surface area (Å²) in [6, 6.07) is 12.7. The fraction of sp³-hybridized carbons (Fsp3) is 0.333. The van der Waals surface area contributed by atoms with Gasteiger partial charge in [-0.15, -0.1) is 0 Å². The molecule has 0 unspecified atom stereocenters. The van der Waals surface area contributed by atoms with Crippen LogP contribution in [-0.2, 0) is 12.6 Å². The summed E-state index contributed by atoms with van der Waals surface area (Å²) in [5.74, 6) is 0.601. The quantitative estimate of drug-likeness (QED) is 0.601. The molecule has 2 aromatic heterocycles. The number of alkyl halides is 3. The molecule has 31 heavy (non-hydrogen) atoms. The molecule has 0 amide bonds. The van der Waals surface area contributed by atoms with Crippen LogP contribution in [0.15, 0.2) is 65.7 Å². The highest BCUT2D eigenvalue weighted by molar-refractivity contribution is 5.57. The van der Waals surface area contributed by atoms with Crippen LogP contribution in [0.1, 0.15) is 30.4 Å². The lowest BCUT2D eigenvalue weighted by molar-refractivity contribution is -0.137. The largest absolute Gasteiger partial charge is 0.416 e. The zero-order valence-electron chi connectivity index (χ0n) is 17.0. The number of rotatable bonds is 5. The Balaban J connectivity index is 1.26. The number of halogens is 3. The SMILES string of the molecule is O=c1ccc(-c2ccc(CCC3CCN(c4ccc(C(F)(F)F)cc4)CC3)cn2)c[nH]1. The Bertz CT molecular complexity index is 1030. The summed E-state index contributed by atoms with van der Waals surface area (Å²) in [5.41, 5.74) is 2.99. The maximum absolute atomic E-state index is 12.7. The Kier molecular flexibility index (Phi) is 6.11. The van der Waals surface area contributed by atoms with Crippen LogP contribution in [0.2, 0.25) is 0 Å². The molecule has 1 saturated heterocycles. The summed E-state index contributed by atoms with van der Waals surface area (Å²) in [6.45, 7) is 1.72. The second-order valence-electron chi connectivity index (χ2n) is 8.01. The topological polar surface area (TPSA) is 49.0 Å². The molecule has 3 heterocycles. The average Bonchev–Trinajstić information content (AvgIpc) is 2.78. The molecule has 0 spiro atoms. The van der Waals surface area contributed by atoms with Crippen molar-refractivity contribution in [2.24, 2.45) is 5.92 Å². The molecule has 0 aliphatic carbocycles. The van der Waals surface area contributed by atoms with Crippen LogP contribution in [0, 0.1) is 5.92 Å². The van der Waals surface area contributed by atoms with Gasteiger partial charge in [0.15, 0.2) is 0 Å². The number of nitrogens with one attached hydrogen (secondary N) is 1. The standard InChI is InChI=1S/C24H24F3N3O/c25-24(26,27)20-5-7-21(8-6-20)30-13-11-17(12-14-30)1-2-18-3-9-22(28-15-18)19-4-10-23(31)29-16-19/h3-10,15-17H,1-2,11-14H2,(H,29,31). The predicted octanol–water partition coefficient (Wildman–Crippen LogP) is 5.30. The average molecular weight is 427 g/mol. The highest BCUT2D eigenvalue weighted by Gasteiger charge is 2.30. The Morgan fingerprint density at radius 1 is 1.00 bits per heavy atom. The van der Waals surface area contributed by atoms with Crippen molar-refractivity contribution in [3.05, 3.63) is 82.4 Å². The van der Waals surface area contributed by atoms with Gasteiger partial charge in [0, 0.05) is 42.8 Å². The van der Waals surface area contributed by atoms with Gasteiger partial charge in [0.25, 0.3) is 0 Å². The molecule has 0 atom stereocenters. The van der Waals surface area contributed by atoms with Crippen molar-refractivity contribution in [2.45, 2.75) is 31.9 Å². The third-order valence-corrected chi connectivity index (χ3v) is 5.92. The predicted molar refractivity (Wildman–Crippen MR) is 115 cm³/mol. The van der Waals surface area contributed by atoms with Crippen molar-refractivity contribution < 1.29 is 13.2 Å². The molecule has 4 nitrogen and oxygen atoms in total. The van der Waals surface area contributed by atoms with E-state index in [1.54, 1.807) is 24.4 Å². The van der Waals surface area contributed by atoms with Crippen molar-refractivity contribution in [1.29, 1.82) is 0 Å². The molecular formula is C24H24F3N3O. The maximum Gasteiger partial charge on any atom is 0.416 e. The number of pyridine rings is 2. The summed E-state index contributed by atoms with van der Waals surface area (Å²) in [6.07, 6.45) is 3.34. The lowest BCUT2D eigenvalue weighted by Crippen LogP contribution is -2.33. The number of hydrogen-bond donors (Lipinski definition) is 1. The number of H-pyrrole nitrogens is 1. The van der Waals surface area contributed by atoms with E-state index in [0.29, 0.717) is 5.92 Å². The van der Waals surface area contributed by atoms with Gasteiger partial charge in [0.2, 0.25) is 5.56 Å². The van der Waals surface area contributed by atoms with Gasteiger partial charge in [-0.1, -0.05) is 6.07 Å². The summed E-state index contributed by atoms with van der Waals surface area (Å²) in [7, 11) is 0. The van der Waals surface area contributed by atoms with Crippen LogP contribution in [-0.4, -0.2) is 23.1 Å². The highest BCUT2D eigenvalue weighted by Crippen LogP contribution is 2.32. The van der Waals surface area contributed by atoms with Crippen molar-refractivity contribution in [1.82, 2.24) is 9.97 Å². The zero-order chi connectivity index (χ0) is 21.8. The van der Waals surface area contributed by atoms with Crippen molar-refractivity contribution in [3.63, 3.8) is 0 Å². The van der Waals surface area contributed by atoms with Gasteiger partial charge in [-0.2, -0.15) is 13.2 Å². The molecule has 0 radical (unpaired) electrons. The smallest absolute Gasteiger partial charge is 0.372 e. The minimum Gasteiger partial charge on any atom is -0.372 e. The first-order chi connectivity index (χ1) is 14.9. The van der Waals surface area contributed by atoms with Gasteiger partial charge < -0.3 is 9.88 Å². The van der Waals surface area contributed by atoms with Crippen molar-refractivity contribution >= 4 is 5.69 Å². The van der Waals surface area contributed by atoms with Gasteiger partial charge >= 0.3 is 6.18 Å². The van der Waals surface area contributed by atoms with Gasteiger partial charge in [0.05, 0.1) is 11.3 Å². The lowest BCUT2D eigenvalue weighted by Gasteiger charge is -2.33. The number of aryl methyl sites for hydroxylation is 1. The molecule has 0 bridgehead atoms. The molecule has 1 aliphatic heterocycles. The first-order valence-corrected chi connectivity index (χ1v) is 10.4. The molecule has 1 fully saturated rings. The van der Waals surface area contributed by atoms with Crippen LogP contribution >= 0.6 is 0 Å². The Labute approximate surface area is 178 Å². The number of aromatic nitrogens is 2. The number of benzene rings is 1. The normalized spacial score (nSPS) is 15.3. The molecular weight excluding hydrogens is 403 g/mol. The van der Waals surface area contributed by atoms with E-state index in [1.165, 1.54) is 11.6 Å². The fourth-order valence-corrected chi connectivity index (χ4v) is 4.02. The zero-order valence-corrected chi connectivity index (χ0v) is 17.0. The monoisotopic (exact) mass is 427 g/mol. The van der Waals surface area contributed by atoms with E-state index >= 15 is 0 Å². The summed E-state index contributed by atoms with van der Waals surface area (Å²) in [4.78, 5) is 20.5. The molecule has 4 rings (SSSR count). The first-order valence-electron chi connectivity index (χ1n) is 10.4. The van der Waals surface area contributed by atoms with Gasteiger partial charge in [-0.05, 0) is 73.6 Å². The molecule has 1 aliphatic rings.